The lowest BCUT2D eigenvalue weighted by molar-refractivity contribution is -0.140. The van der Waals surface area contributed by atoms with Gasteiger partial charge in [0, 0.05) is 5.02 Å². The van der Waals surface area contributed by atoms with Crippen LogP contribution in [0.2, 0.25) is 5.02 Å². The third-order valence-electron chi connectivity index (χ3n) is 3.75. The number of hydrogen-bond donors (Lipinski definition) is 1. The van der Waals surface area contributed by atoms with Crippen LogP contribution in [0, 0.1) is 0 Å². The Balaban J connectivity index is 1.94. The molecule has 0 amide bonds. The number of carboxylic acid groups (broad SMARTS) is 1. The van der Waals surface area contributed by atoms with Crippen molar-refractivity contribution in [2.45, 2.75) is 18.3 Å². The van der Waals surface area contributed by atoms with E-state index in [1.165, 1.54) is 0 Å². The molecule has 0 spiro atoms. The highest BCUT2D eigenvalue weighted by Crippen LogP contribution is 2.48. The predicted octanol–water partition coefficient (Wildman–Crippen LogP) is 4.12. The maximum atomic E-state index is 11.3. The van der Waals surface area contributed by atoms with E-state index in [0.29, 0.717) is 5.02 Å². The minimum atomic E-state index is -0.719. The van der Waals surface area contributed by atoms with Gasteiger partial charge in [0.1, 0.15) is 0 Å². The third kappa shape index (κ3) is 2.13. The minimum absolute atomic E-state index is 0.632. The van der Waals surface area contributed by atoms with Crippen LogP contribution < -0.4 is 0 Å². The predicted molar refractivity (Wildman–Crippen MR) is 75.4 cm³/mol. The highest BCUT2D eigenvalue weighted by atomic mass is 35.5. The Kier molecular flexibility index (Phi) is 2.83. The van der Waals surface area contributed by atoms with Gasteiger partial charge in [0.05, 0.1) is 5.41 Å². The summed E-state index contributed by atoms with van der Waals surface area (Å²) in [5, 5.41) is 9.96. The largest absolute Gasteiger partial charge is 0.481 e. The van der Waals surface area contributed by atoms with Gasteiger partial charge in [-0.05, 0) is 41.7 Å². The summed E-state index contributed by atoms with van der Waals surface area (Å²) in [5.74, 6) is -0.719. The first-order valence-electron chi connectivity index (χ1n) is 6.22. The molecule has 0 saturated heterocycles. The normalized spacial score (nSPS) is 16.1. The van der Waals surface area contributed by atoms with Crippen molar-refractivity contribution >= 4 is 17.6 Å². The van der Waals surface area contributed by atoms with E-state index >= 15 is 0 Å². The van der Waals surface area contributed by atoms with Crippen LogP contribution in [0.5, 0.6) is 0 Å². The summed E-state index contributed by atoms with van der Waals surface area (Å²) >= 11 is 5.97. The van der Waals surface area contributed by atoms with Gasteiger partial charge in [-0.3, -0.25) is 4.79 Å². The van der Waals surface area contributed by atoms with E-state index in [9.17, 15) is 9.90 Å². The van der Waals surface area contributed by atoms with Gasteiger partial charge >= 0.3 is 5.97 Å². The van der Waals surface area contributed by atoms with E-state index in [1.807, 2.05) is 48.5 Å². The second kappa shape index (κ2) is 4.39. The van der Waals surface area contributed by atoms with E-state index in [4.69, 9.17) is 11.6 Å². The Hall–Kier alpha value is -1.80. The van der Waals surface area contributed by atoms with Crippen LogP contribution in [-0.2, 0) is 10.2 Å². The first-order chi connectivity index (χ1) is 9.12. The van der Waals surface area contributed by atoms with Crippen molar-refractivity contribution in [1.82, 2.24) is 0 Å². The summed E-state index contributed by atoms with van der Waals surface area (Å²) in [4.78, 5) is 11.3. The molecule has 0 atom stereocenters. The summed E-state index contributed by atoms with van der Waals surface area (Å²) in [7, 11) is 0. The maximum absolute atomic E-state index is 11.3. The van der Waals surface area contributed by atoms with Crippen LogP contribution in [0.3, 0.4) is 0 Å². The molecule has 0 unspecified atom stereocenters. The van der Waals surface area contributed by atoms with Crippen LogP contribution in [0.15, 0.2) is 48.5 Å². The van der Waals surface area contributed by atoms with Crippen LogP contribution in [0.1, 0.15) is 18.4 Å². The quantitative estimate of drug-likeness (QED) is 0.912. The summed E-state index contributed by atoms with van der Waals surface area (Å²) in [6, 6.07) is 15.4. The number of aliphatic carboxylic acids is 1. The van der Waals surface area contributed by atoms with Crippen molar-refractivity contribution in [2.75, 3.05) is 0 Å². The zero-order valence-corrected chi connectivity index (χ0v) is 11.0. The molecule has 96 valence electrons. The summed E-state index contributed by atoms with van der Waals surface area (Å²) in [5.41, 5.74) is 2.35. The Morgan fingerprint density at radius 1 is 1.05 bits per heavy atom. The molecular formula is C16H13ClO2. The minimum Gasteiger partial charge on any atom is -0.481 e. The van der Waals surface area contributed by atoms with Crippen molar-refractivity contribution < 1.29 is 9.90 Å². The lowest BCUT2D eigenvalue weighted by Gasteiger charge is -2.11. The average molecular weight is 273 g/mol. The maximum Gasteiger partial charge on any atom is 0.314 e. The summed E-state index contributed by atoms with van der Waals surface area (Å²) < 4.78 is 0. The van der Waals surface area contributed by atoms with Crippen molar-refractivity contribution in [3.63, 3.8) is 0 Å². The Bertz CT molecular complexity index is 627. The molecule has 1 fully saturated rings. The monoisotopic (exact) mass is 272 g/mol. The van der Waals surface area contributed by atoms with Gasteiger partial charge in [0.15, 0.2) is 0 Å². The number of halogens is 1. The zero-order chi connectivity index (χ0) is 13.5. The Labute approximate surface area is 116 Å². The fraction of sp³-hybridized carbons (Fsp3) is 0.188. The van der Waals surface area contributed by atoms with Crippen molar-refractivity contribution in [3.05, 3.63) is 59.1 Å². The molecule has 0 aliphatic heterocycles. The topological polar surface area (TPSA) is 37.3 Å². The number of benzene rings is 2. The SMILES string of the molecule is O=C(O)C1(c2ccc(-c3cccc(Cl)c3)cc2)CC1. The molecule has 19 heavy (non-hydrogen) atoms. The molecule has 3 rings (SSSR count). The molecule has 3 heteroatoms. The van der Waals surface area contributed by atoms with E-state index in [1.54, 1.807) is 0 Å². The Morgan fingerprint density at radius 3 is 2.26 bits per heavy atom. The van der Waals surface area contributed by atoms with Crippen LogP contribution in [-0.4, -0.2) is 11.1 Å². The van der Waals surface area contributed by atoms with Crippen LogP contribution >= 0.6 is 11.6 Å². The third-order valence-corrected chi connectivity index (χ3v) is 3.99. The molecule has 1 aliphatic rings. The van der Waals surface area contributed by atoms with E-state index in [0.717, 1.165) is 29.5 Å². The molecule has 2 aromatic carbocycles. The van der Waals surface area contributed by atoms with Gasteiger partial charge in [0.25, 0.3) is 0 Å². The lowest BCUT2D eigenvalue weighted by atomic mass is 9.94. The van der Waals surface area contributed by atoms with E-state index in [2.05, 4.69) is 0 Å². The van der Waals surface area contributed by atoms with E-state index in [-0.39, 0.29) is 0 Å². The molecule has 1 aliphatic carbocycles. The van der Waals surface area contributed by atoms with Gasteiger partial charge in [-0.25, -0.2) is 0 Å². The van der Waals surface area contributed by atoms with Crippen LogP contribution in [0.25, 0.3) is 11.1 Å². The zero-order valence-electron chi connectivity index (χ0n) is 10.3. The molecule has 1 saturated carbocycles. The fourth-order valence-electron chi connectivity index (χ4n) is 2.40. The summed E-state index contributed by atoms with van der Waals surface area (Å²) in [6.45, 7) is 0. The first kappa shape index (κ1) is 12.2. The van der Waals surface area contributed by atoms with Gasteiger partial charge in [-0.1, -0.05) is 48.0 Å². The second-order valence-electron chi connectivity index (χ2n) is 4.97. The number of rotatable bonds is 3. The van der Waals surface area contributed by atoms with Gasteiger partial charge in [-0.15, -0.1) is 0 Å². The molecular weight excluding hydrogens is 260 g/mol. The highest BCUT2D eigenvalue weighted by molar-refractivity contribution is 6.30. The Morgan fingerprint density at radius 2 is 1.74 bits per heavy atom. The molecule has 0 bridgehead atoms. The molecule has 0 heterocycles. The molecule has 2 nitrogen and oxygen atoms in total. The number of carbonyl (C=O) groups is 1. The molecule has 1 N–H and O–H groups in total. The highest BCUT2D eigenvalue weighted by Gasteiger charge is 2.51. The fourth-order valence-corrected chi connectivity index (χ4v) is 2.59. The van der Waals surface area contributed by atoms with Crippen molar-refractivity contribution in [3.8, 4) is 11.1 Å². The average Bonchev–Trinajstić information content (AvgIpc) is 3.20. The van der Waals surface area contributed by atoms with E-state index < -0.39 is 11.4 Å². The first-order valence-corrected chi connectivity index (χ1v) is 6.59. The molecule has 0 aromatic heterocycles. The lowest BCUT2D eigenvalue weighted by Crippen LogP contribution is -2.19. The van der Waals surface area contributed by atoms with Gasteiger partial charge in [0.2, 0.25) is 0 Å². The van der Waals surface area contributed by atoms with Crippen LogP contribution in [0.4, 0.5) is 0 Å². The molecule has 0 radical (unpaired) electrons. The standard InChI is InChI=1S/C16H13ClO2/c17-14-3-1-2-12(10-14)11-4-6-13(7-5-11)16(8-9-16)15(18)19/h1-7,10H,8-9H2,(H,18,19). The summed E-state index contributed by atoms with van der Waals surface area (Å²) in [6.07, 6.45) is 1.47. The number of hydrogen-bond acceptors (Lipinski definition) is 1. The van der Waals surface area contributed by atoms with Crippen molar-refractivity contribution in [1.29, 1.82) is 0 Å². The van der Waals surface area contributed by atoms with Gasteiger partial charge < -0.3 is 5.11 Å². The second-order valence-corrected chi connectivity index (χ2v) is 5.41. The van der Waals surface area contributed by atoms with Gasteiger partial charge in [-0.2, -0.15) is 0 Å². The smallest absolute Gasteiger partial charge is 0.314 e. The number of carboxylic acids is 1. The van der Waals surface area contributed by atoms with Crippen molar-refractivity contribution in [2.24, 2.45) is 0 Å². The molecule has 2 aromatic rings.